The minimum atomic E-state index is 1.16. The third kappa shape index (κ3) is 31.9. The van der Waals surface area contributed by atoms with Crippen molar-refractivity contribution in [1.82, 2.24) is 8.75 Å². The predicted molar refractivity (Wildman–Crippen MR) is 428 cm³/mol. The highest BCUT2D eigenvalue weighted by Crippen LogP contribution is 2.50. The molecule has 0 aliphatic rings. The molecule has 5 aromatic heterocycles. The summed E-state index contributed by atoms with van der Waals surface area (Å²) in [7, 11) is 0. The predicted octanol–water partition coefficient (Wildman–Crippen LogP) is 32.8. The van der Waals surface area contributed by atoms with Gasteiger partial charge in [0.05, 0.1) is 11.7 Å². The highest BCUT2D eigenvalue weighted by atomic mass is 32.1. The van der Waals surface area contributed by atoms with E-state index >= 15 is 0 Å². The molecule has 0 aliphatic carbocycles. The van der Waals surface area contributed by atoms with Crippen LogP contribution >= 0.6 is 57.1 Å². The van der Waals surface area contributed by atoms with Gasteiger partial charge in [0.1, 0.15) is 11.0 Å². The lowest BCUT2D eigenvalue weighted by molar-refractivity contribution is 0.534. The molecule has 0 unspecified atom stereocenters. The number of benzene rings is 1. The van der Waals surface area contributed by atoms with E-state index in [0.717, 1.165) is 6.42 Å². The lowest BCUT2D eigenvalue weighted by Gasteiger charge is -2.18. The summed E-state index contributed by atoms with van der Waals surface area (Å²) in [4.78, 5) is 8.99. The molecule has 6 rings (SSSR count). The van der Waals surface area contributed by atoms with Crippen molar-refractivity contribution in [2.45, 2.75) is 427 Å². The molecular formula is C86H142N2S5. The molecule has 0 atom stereocenters. The smallest absolute Gasteiger partial charge is 0.113 e. The van der Waals surface area contributed by atoms with Crippen LogP contribution in [0, 0.1) is 13.8 Å². The van der Waals surface area contributed by atoms with Crippen LogP contribution in [-0.4, -0.2) is 8.75 Å². The maximum Gasteiger partial charge on any atom is 0.113 e. The van der Waals surface area contributed by atoms with Gasteiger partial charge in [-0.25, -0.2) is 0 Å². The number of thiophene rings is 4. The highest BCUT2D eigenvalue weighted by molar-refractivity contribution is 7.33. The van der Waals surface area contributed by atoms with E-state index in [1.54, 1.807) is 27.1 Å². The number of aromatic nitrogens is 2. The summed E-state index contributed by atoms with van der Waals surface area (Å²) in [6.45, 7) is 14.1. The number of hydrogen-bond acceptors (Lipinski definition) is 7. The van der Waals surface area contributed by atoms with Crippen molar-refractivity contribution in [3.05, 3.63) is 57.0 Å². The van der Waals surface area contributed by atoms with E-state index in [0.29, 0.717) is 0 Å². The third-order valence-electron chi connectivity index (χ3n) is 21.0. The summed E-state index contributed by atoms with van der Waals surface area (Å²) in [6.07, 6.45) is 83.6. The maximum absolute atomic E-state index is 5.27. The van der Waals surface area contributed by atoms with E-state index in [1.165, 1.54) is 447 Å². The zero-order valence-corrected chi connectivity index (χ0v) is 65.8. The normalized spacial score (nSPS) is 12.0. The molecule has 7 heteroatoms. The van der Waals surface area contributed by atoms with Gasteiger partial charge in [-0.2, -0.15) is 8.75 Å². The zero-order chi connectivity index (χ0) is 65.4. The fraction of sp³-hybridized carbons (Fsp3) is 0.767. The van der Waals surface area contributed by atoms with E-state index in [1.807, 2.05) is 11.3 Å². The molecule has 0 spiro atoms. The Morgan fingerprint density at radius 1 is 0.258 bits per heavy atom. The molecule has 6 aromatic rings. The Hall–Kier alpha value is -1.90. The van der Waals surface area contributed by atoms with Gasteiger partial charge in [-0.15, -0.1) is 45.3 Å². The highest BCUT2D eigenvalue weighted by Gasteiger charge is 2.25. The average molecular weight is 1360 g/mol. The molecule has 1 aromatic carbocycles. The molecule has 0 fully saturated rings. The van der Waals surface area contributed by atoms with Crippen molar-refractivity contribution >= 4 is 77.5 Å². The van der Waals surface area contributed by atoms with E-state index in [-0.39, 0.29) is 0 Å². The Morgan fingerprint density at radius 3 is 0.882 bits per heavy atom. The summed E-state index contributed by atoms with van der Waals surface area (Å²) < 4.78 is 13.4. The van der Waals surface area contributed by atoms with Gasteiger partial charge in [-0.3, -0.25) is 0 Å². The van der Waals surface area contributed by atoms with Crippen molar-refractivity contribution in [3.8, 4) is 29.9 Å². The second kappa shape index (κ2) is 52.2. The summed E-state index contributed by atoms with van der Waals surface area (Å²) in [5.74, 6) is 0. The van der Waals surface area contributed by atoms with E-state index in [2.05, 4.69) is 99.8 Å². The lowest BCUT2D eigenvalue weighted by atomic mass is 9.87. The molecule has 93 heavy (non-hydrogen) atoms. The van der Waals surface area contributed by atoms with Gasteiger partial charge in [-0.05, 0) is 117 Å². The van der Waals surface area contributed by atoms with Crippen LogP contribution in [0.15, 0.2) is 24.3 Å². The topological polar surface area (TPSA) is 25.8 Å². The summed E-state index contributed by atoms with van der Waals surface area (Å²) in [5, 5.41) is 0. The summed E-state index contributed by atoms with van der Waals surface area (Å²) in [6, 6.07) is 10.4. The van der Waals surface area contributed by atoms with Crippen LogP contribution in [-0.2, 0) is 25.7 Å². The first kappa shape index (κ1) is 80.1. The molecule has 0 N–H and O–H groups in total. The number of fused-ring (bicyclic) bond motifs is 2. The Labute approximate surface area is 595 Å². The van der Waals surface area contributed by atoms with Crippen molar-refractivity contribution in [2.75, 3.05) is 0 Å². The molecule has 0 amide bonds. The SMILES string of the molecule is CCCCCCCCCCCCCCCCc1cc(C)sc1-c1cc2sc(-c3sc(-c4c(CCCCCCCCCCCCCCCC)c(CCCCCCCCCCCCCCCC)c(C)c5nsnc45)cc3CCCCCCCCCCCCCCCC)cc2s1. The van der Waals surface area contributed by atoms with Crippen molar-refractivity contribution in [1.29, 1.82) is 0 Å². The molecule has 5 heterocycles. The van der Waals surface area contributed by atoms with Gasteiger partial charge >= 0.3 is 0 Å². The van der Waals surface area contributed by atoms with Gasteiger partial charge in [-0.1, -0.05) is 362 Å². The second-order valence-corrected chi connectivity index (χ2v) is 34.4. The minimum absolute atomic E-state index is 1.16. The van der Waals surface area contributed by atoms with Gasteiger partial charge in [0.25, 0.3) is 0 Å². The number of rotatable bonds is 63. The maximum atomic E-state index is 5.27. The molecule has 0 bridgehead atoms. The van der Waals surface area contributed by atoms with E-state index < -0.39 is 0 Å². The fourth-order valence-corrected chi connectivity index (χ4v) is 20.7. The monoisotopic (exact) mass is 1360 g/mol. The number of aryl methyl sites for hydroxylation is 4. The molecular weight excluding hydrogens is 1220 g/mol. The first-order valence-corrected chi connectivity index (χ1v) is 45.0. The quantitative estimate of drug-likeness (QED) is 0.0356. The molecule has 0 saturated heterocycles. The zero-order valence-electron chi connectivity index (χ0n) is 61.7. The van der Waals surface area contributed by atoms with Gasteiger partial charge < -0.3 is 0 Å². The van der Waals surface area contributed by atoms with Crippen LogP contribution in [0.25, 0.3) is 50.4 Å². The Balaban J connectivity index is 1.15. The number of hydrogen-bond donors (Lipinski definition) is 0. The van der Waals surface area contributed by atoms with Gasteiger partial charge in [0.2, 0.25) is 0 Å². The Morgan fingerprint density at radius 2 is 0.538 bits per heavy atom. The van der Waals surface area contributed by atoms with Crippen LogP contribution in [0.2, 0.25) is 0 Å². The molecule has 0 saturated carbocycles. The van der Waals surface area contributed by atoms with Crippen LogP contribution in [0.5, 0.6) is 0 Å². The van der Waals surface area contributed by atoms with Crippen LogP contribution in [0.1, 0.15) is 420 Å². The van der Waals surface area contributed by atoms with Crippen molar-refractivity contribution in [3.63, 3.8) is 0 Å². The minimum Gasteiger partial charge on any atom is -0.173 e. The largest absolute Gasteiger partial charge is 0.173 e. The first-order valence-electron chi connectivity index (χ1n) is 41.0. The standard InChI is InChI=1S/C86H142N2S5/c1-7-11-15-19-23-27-31-35-39-43-47-51-55-59-63-73-67-71(5)89-85(73)80-69-77-78(90-80)70-81(91-77)86-74(64-60-56-52-48-44-40-36-32-28-24-20-16-12-8-2)68-79(92-86)82-76(66-62-58-54-50-46-42-38-34-30-26-22-18-14-10-4)75(72(6)83-84(82)88-93-87-83)65-61-57-53-49-45-41-37-33-29-25-21-17-13-9-3/h67-70H,7-66H2,1-6H3. The first-order chi connectivity index (χ1) is 46.0. The second-order valence-electron chi connectivity index (χ2n) is 29.4. The van der Waals surface area contributed by atoms with Gasteiger partial charge in [0.15, 0.2) is 0 Å². The molecule has 526 valence electrons. The van der Waals surface area contributed by atoms with Crippen molar-refractivity contribution < 1.29 is 0 Å². The molecule has 0 radical (unpaired) electrons. The number of nitrogens with zero attached hydrogens (tertiary/aromatic N) is 2. The van der Waals surface area contributed by atoms with E-state index in [9.17, 15) is 0 Å². The third-order valence-corrected chi connectivity index (χ3v) is 26.5. The summed E-state index contributed by atoms with van der Waals surface area (Å²) in [5.41, 5.74) is 11.7. The van der Waals surface area contributed by atoms with Gasteiger partial charge in [0, 0.05) is 44.2 Å². The fourth-order valence-electron chi connectivity index (χ4n) is 15.1. The Bertz CT molecular complexity index is 2710. The van der Waals surface area contributed by atoms with Crippen LogP contribution in [0.3, 0.4) is 0 Å². The summed E-state index contributed by atoms with van der Waals surface area (Å²) >= 11 is 9.75. The lowest BCUT2D eigenvalue weighted by Crippen LogP contribution is -2.03. The number of unbranched alkanes of at least 4 members (excludes halogenated alkanes) is 52. The molecule has 2 nitrogen and oxygen atoms in total. The Kier molecular flexibility index (Phi) is 44.9. The van der Waals surface area contributed by atoms with Crippen LogP contribution < -0.4 is 0 Å². The molecule has 0 aliphatic heterocycles. The van der Waals surface area contributed by atoms with E-state index in [4.69, 9.17) is 8.75 Å². The average Bonchev–Trinajstić information content (AvgIpc) is 1.65. The van der Waals surface area contributed by atoms with Crippen LogP contribution in [0.4, 0.5) is 0 Å². The van der Waals surface area contributed by atoms with Crippen molar-refractivity contribution in [2.24, 2.45) is 0 Å².